The Morgan fingerprint density at radius 3 is 2.29 bits per heavy atom. The van der Waals surface area contributed by atoms with Crippen molar-refractivity contribution in [3.8, 4) is 0 Å². The first-order valence-corrected chi connectivity index (χ1v) is 1.63. The van der Waals surface area contributed by atoms with Crippen molar-refractivity contribution >= 4 is 35.5 Å². The first-order valence-electron chi connectivity index (χ1n) is 1.63. The normalized spacial score (nSPS) is 7.00. The van der Waals surface area contributed by atoms with E-state index in [2.05, 4.69) is 5.32 Å². The molecule has 37 valence electrons. The SMILES string of the molecule is CNCC(=O)O.[Na]. The van der Waals surface area contributed by atoms with Crippen LogP contribution in [0.5, 0.6) is 0 Å². The summed E-state index contributed by atoms with van der Waals surface area (Å²) in [4.78, 5) is 9.54. The minimum Gasteiger partial charge on any atom is -0.480 e. The molecule has 0 unspecified atom stereocenters. The molecule has 7 heavy (non-hydrogen) atoms. The number of aliphatic carboxylic acids is 1. The molecule has 0 bridgehead atoms. The standard InChI is InChI=1S/C3H7NO2.Na/c1-4-2-3(5)6;/h4H,2H2,1H3,(H,5,6);. The van der Waals surface area contributed by atoms with Gasteiger partial charge in [0, 0.05) is 29.6 Å². The molecule has 0 amide bonds. The second-order valence-electron chi connectivity index (χ2n) is 0.924. The van der Waals surface area contributed by atoms with E-state index in [-0.39, 0.29) is 36.1 Å². The Bertz CT molecular complexity index is 56.9. The molecule has 0 spiro atoms. The number of carboxylic acids is 1. The Hall–Kier alpha value is 0.430. The average Bonchev–Trinajstić information content (AvgIpc) is 1.35. The molecule has 0 rings (SSSR count). The van der Waals surface area contributed by atoms with E-state index in [1.807, 2.05) is 0 Å². The van der Waals surface area contributed by atoms with Crippen molar-refractivity contribution in [3.05, 3.63) is 0 Å². The monoisotopic (exact) mass is 112 g/mol. The van der Waals surface area contributed by atoms with E-state index in [1.165, 1.54) is 0 Å². The quantitative estimate of drug-likeness (QED) is 0.446. The molecule has 0 saturated carbocycles. The molecule has 0 aromatic carbocycles. The fraction of sp³-hybridized carbons (Fsp3) is 0.667. The molecule has 1 radical (unpaired) electrons. The summed E-state index contributed by atoms with van der Waals surface area (Å²) in [6.45, 7) is 0.0417. The number of hydrogen-bond donors (Lipinski definition) is 2. The molecule has 0 aliphatic carbocycles. The summed E-state index contributed by atoms with van der Waals surface area (Å²) in [6.07, 6.45) is 0. The van der Waals surface area contributed by atoms with Crippen molar-refractivity contribution in [2.45, 2.75) is 0 Å². The molecular weight excluding hydrogens is 105 g/mol. The van der Waals surface area contributed by atoms with Gasteiger partial charge in [-0.25, -0.2) is 0 Å². The fourth-order valence-electron chi connectivity index (χ4n) is 0.151. The van der Waals surface area contributed by atoms with Gasteiger partial charge in [0.05, 0.1) is 6.54 Å². The van der Waals surface area contributed by atoms with Gasteiger partial charge >= 0.3 is 5.97 Å². The van der Waals surface area contributed by atoms with Gasteiger partial charge < -0.3 is 10.4 Å². The molecule has 0 fully saturated rings. The maximum Gasteiger partial charge on any atom is 0.317 e. The Morgan fingerprint density at radius 2 is 2.29 bits per heavy atom. The number of carboxylic acid groups (broad SMARTS) is 1. The van der Waals surface area contributed by atoms with E-state index >= 15 is 0 Å². The molecule has 0 aliphatic heterocycles. The van der Waals surface area contributed by atoms with Crippen LogP contribution in [0.1, 0.15) is 0 Å². The maximum absolute atomic E-state index is 9.54. The molecule has 0 saturated heterocycles. The predicted octanol–water partition coefficient (Wildman–Crippen LogP) is -1.09. The van der Waals surface area contributed by atoms with Gasteiger partial charge in [-0.1, -0.05) is 0 Å². The summed E-state index contributed by atoms with van der Waals surface area (Å²) in [6, 6.07) is 0. The van der Waals surface area contributed by atoms with Crippen LogP contribution in [-0.2, 0) is 4.79 Å². The van der Waals surface area contributed by atoms with Crippen LogP contribution in [-0.4, -0.2) is 54.2 Å². The van der Waals surface area contributed by atoms with Gasteiger partial charge in [0.15, 0.2) is 0 Å². The zero-order valence-electron chi connectivity index (χ0n) is 4.56. The van der Waals surface area contributed by atoms with Crippen molar-refractivity contribution < 1.29 is 9.90 Å². The van der Waals surface area contributed by atoms with E-state index in [0.29, 0.717) is 0 Å². The molecule has 3 nitrogen and oxygen atoms in total. The summed E-state index contributed by atoms with van der Waals surface area (Å²) >= 11 is 0. The van der Waals surface area contributed by atoms with Gasteiger partial charge in [0.25, 0.3) is 0 Å². The Kier molecular flexibility index (Phi) is 9.57. The molecule has 0 atom stereocenters. The van der Waals surface area contributed by atoms with Gasteiger partial charge in [-0.3, -0.25) is 4.79 Å². The second kappa shape index (κ2) is 6.43. The summed E-state index contributed by atoms with van der Waals surface area (Å²) in [7, 11) is 1.59. The van der Waals surface area contributed by atoms with Crippen molar-refractivity contribution in [1.29, 1.82) is 0 Å². The zero-order valence-corrected chi connectivity index (χ0v) is 6.56. The van der Waals surface area contributed by atoms with Crippen molar-refractivity contribution in [2.24, 2.45) is 0 Å². The fourth-order valence-corrected chi connectivity index (χ4v) is 0.151. The third-order valence-corrected chi connectivity index (χ3v) is 0.328. The third-order valence-electron chi connectivity index (χ3n) is 0.328. The average molecular weight is 112 g/mol. The Labute approximate surface area is 64.4 Å². The number of hydrogen-bond acceptors (Lipinski definition) is 2. The summed E-state index contributed by atoms with van der Waals surface area (Å²) in [5.74, 6) is -0.822. The molecule has 0 aliphatic rings. The van der Waals surface area contributed by atoms with Crippen LogP contribution >= 0.6 is 0 Å². The molecule has 2 N–H and O–H groups in total. The van der Waals surface area contributed by atoms with Crippen LogP contribution in [0.2, 0.25) is 0 Å². The number of nitrogens with one attached hydrogen (secondary N) is 1. The number of rotatable bonds is 2. The van der Waals surface area contributed by atoms with Crippen LogP contribution in [0, 0.1) is 0 Å². The topological polar surface area (TPSA) is 49.3 Å². The summed E-state index contributed by atoms with van der Waals surface area (Å²) < 4.78 is 0. The minimum absolute atomic E-state index is 0. The summed E-state index contributed by atoms with van der Waals surface area (Å²) in [5, 5.41) is 10.3. The van der Waals surface area contributed by atoms with Gasteiger partial charge in [-0.15, -0.1) is 0 Å². The third kappa shape index (κ3) is 10.7. The van der Waals surface area contributed by atoms with E-state index in [1.54, 1.807) is 7.05 Å². The van der Waals surface area contributed by atoms with Crippen molar-refractivity contribution in [1.82, 2.24) is 5.32 Å². The van der Waals surface area contributed by atoms with Gasteiger partial charge in [0.2, 0.25) is 0 Å². The van der Waals surface area contributed by atoms with Crippen LogP contribution in [0.15, 0.2) is 0 Å². The van der Waals surface area contributed by atoms with Gasteiger partial charge in [-0.05, 0) is 7.05 Å². The van der Waals surface area contributed by atoms with Crippen LogP contribution in [0.4, 0.5) is 0 Å². The summed E-state index contributed by atoms with van der Waals surface area (Å²) in [5.41, 5.74) is 0. The molecule has 0 aromatic heterocycles. The van der Waals surface area contributed by atoms with Crippen molar-refractivity contribution in [3.63, 3.8) is 0 Å². The number of carbonyl (C=O) groups is 1. The van der Waals surface area contributed by atoms with Crippen LogP contribution in [0.3, 0.4) is 0 Å². The van der Waals surface area contributed by atoms with Gasteiger partial charge in [-0.2, -0.15) is 0 Å². The minimum atomic E-state index is -0.822. The number of likely N-dealkylation sites (N-methyl/N-ethyl adjacent to an activating group) is 1. The van der Waals surface area contributed by atoms with Crippen LogP contribution in [0.25, 0.3) is 0 Å². The first kappa shape index (κ1) is 10.4. The van der Waals surface area contributed by atoms with Crippen LogP contribution < -0.4 is 5.32 Å². The predicted molar refractivity (Wildman–Crippen MR) is 27.3 cm³/mol. The molecule has 4 heteroatoms. The molecule has 0 heterocycles. The Morgan fingerprint density at radius 1 is 1.86 bits per heavy atom. The van der Waals surface area contributed by atoms with E-state index in [0.717, 1.165) is 0 Å². The first-order chi connectivity index (χ1) is 2.77. The van der Waals surface area contributed by atoms with E-state index < -0.39 is 5.97 Å². The Balaban J connectivity index is 0. The molecular formula is C3H7NNaO2. The van der Waals surface area contributed by atoms with Gasteiger partial charge in [0.1, 0.15) is 0 Å². The second-order valence-corrected chi connectivity index (χ2v) is 0.924. The van der Waals surface area contributed by atoms with E-state index in [9.17, 15) is 4.79 Å². The largest absolute Gasteiger partial charge is 0.480 e. The molecule has 0 aromatic rings. The van der Waals surface area contributed by atoms with E-state index in [4.69, 9.17) is 5.11 Å². The maximum atomic E-state index is 9.54. The van der Waals surface area contributed by atoms with Crippen molar-refractivity contribution in [2.75, 3.05) is 13.6 Å². The smallest absolute Gasteiger partial charge is 0.317 e. The zero-order chi connectivity index (χ0) is 4.99.